The first-order valence-corrected chi connectivity index (χ1v) is 10.8. The summed E-state index contributed by atoms with van der Waals surface area (Å²) < 4.78 is 1.92. The van der Waals surface area contributed by atoms with E-state index in [4.69, 9.17) is 23.2 Å². The molecule has 29 heavy (non-hydrogen) atoms. The number of rotatable bonds is 6. The zero-order valence-corrected chi connectivity index (χ0v) is 19.4. The van der Waals surface area contributed by atoms with Gasteiger partial charge < -0.3 is 9.88 Å². The molecule has 1 aromatic heterocycles. The van der Waals surface area contributed by atoms with E-state index >= 15 is 0 Å². The molecule has 0 aliphatic heterocycles. The van der Waals surface area contributed by atoms with Crippen LogP contribution in [-0.4, -0.2) is 38.0 Å². The van der Waals surface area contributed by atoms with Crippen LogP contribution in [0.3, 0.4) is 0 Å². The van der Waals surface area contributed by atoms with Crippen molar-refractivity contribution in [2.24, 2.45) is 5.92 Å². The van der Waals surface area contributed by atoms with Crippen molar-refractivity contribution in [2.75, 3.05) is 5.75 Å². The lowest BCUT2D eigenvalue weighted by Gasteiger charge is -2.20. The summed E-state index contributed by atoms with van der Waals surface area (Å²) in [5.74, 6) is 0.541. The standard InChI is InChI=1S/C19H25Cl2N5O2S/c1-11(2)9-26-16(13-7-6-12(20)8-14(13)21)24-25-18(26)29-10-15(27)22-17(28)23-19(3,4)5/h6-8,11H,9-10H2,1-5H3,(H2,22,23,27,28). The molecule has 0 atom stereocenters. The van der Waals surface area contributed by atoms with E-state index in [1.54, 1.807) is 18.2 Å². The van der Waals surface area contributed by atoms with Gasteiger partial charge in [0, 0.05) is 22.7 Å². The molecule has 0 fully saturated rings. The van der Waals surface area contributed by atoms with Gasteiger partial charge in [0.05, 0.1) is 10.8 Å². The summed E-state index contributed by atoms with van der Waals surface area (Å²) >= 11 is 13.5. The monoisotopic (exact) mass is 457 g/mol. The van der Waals surface area contributed by atoms with Gasteiger partial charge in [-0.15, -0.1) is 10.2 Å². The van der Waals surface area contributed by atoms with Crippen molar-refractivity contribution < 1.29 is 9.59 Å². The van der Waals surface area contributed by atoms with Crippen LogP contribution in [-0.2, 0) is 11.3 Å². The molecule has 2 aromatic rings. The number of nitrogens with one attached hydrogen (secondary N) is 2. The number of thioether (sulfide) groups is 1. The smallest absolute Gasteiger partial charge is 0.321 e. The summed E-state index contributed by atoms with van der Waals surface area (Å²) in [6, 6.07) is 4.66. The lowest BCUT2D eigenvalue weighted by Crippen LogP contribution is -2.48. The number of carbonyl (C=O) groups is 2. The second-order valence-electron chi connectivity index (χ2n) is 7.98. The minimum Gasteiger partial charge on any atom is -0.333 e. The lowest BCUT2D eigenvalue weighted by atomic mass is 10.1. The molecular weight excluding hydrogens is 433 g/mol. The van der Waals surface area contributed by atoms with Gasteiger partial charge in [0.15, 0.2) is 11.0 Å². The fourth-order valence-corrected chi connectivity index (χ4v) is 3.70. The SMILES string of the molecule is CC(C)Cn1c(SCC(=O)NC(=O)NC(C)(C)C)nnc1-c1ccc(Cl)cc1Cl. The van der Waals surface area contributed by atoms with E-state index in [0.29, 0.717) is 39.1 Å². The summed E-state index contributed by atoms with van der Waals surface area (Å²) in [6.07, 6.45) is 0. The third-order valence-electron chi connectivity index (χ3n) is 3.51. The van der Waals surface area contributed by atoms with Gasteiger partial charge in [0.2, 0.25) is 5.91 Å². The van der Waals surface area contributed by atoms with Gasteiger partial charge in [-0.25, -0.2) is 4.79 Å². The molecule has 1 aromatic carbocycles. The topological polar surface area (TPSA) is 88.9 Å². The first-order valence-electron chi connectivity index (χ1n) is 9.09. The van der Waals surface area contributed by atoms with Gasteiger partial charge in [-0.2, -0.15) is 0 Å². The number of carbonyl (C=O) groups excluding carboxylic acids is 2. The quantitative estimate of drug-likeness (QED) is 0.617. The van der Waals surface area contributed by atoms with E-state index in [1.807, 2.05) is 25.3 Å². The molecule has 0 saturated carbocycles. The normalized spacial score (nSPS) is 11.6. The molecule has 0 bridgehead atoms. The van der Waals surface area contributed by atoms with Gasteiger partial charge in [-0.1, -0.05) is 48.8 Å². The Hall–Kier alpha value is -1.77. The van der Waals surface area contributed by atoms with Crippen LogP contribution in [0.15, 0.2) is 23.4 Å². The van der Waals surface area contributed by atoms with Gasteiger partial charge in [-0.05, 0) is 44.9 Å². The van der Waals surface area contributed by atoms with Crippen LogP contribution in [0.1, 0.15) is 34.6 Å². The number of imide groups is 1. The predicted molar refractivity (Wildman–Crippen MR) is 117 cm³/mol. The van der Waals surface area contributed by atoms with Crippen LogP contribution < -0.4 is 10.6 Å². The Kier molecular flexibility index (Phi) is 7.96. The number of hydrogen-bond acceptors (Lipinski definition) is 5. The molecule has 0 spiro atoms. The number of nitrogens with zero attached hydrogens (tertiary/aromatic N) is 3. The molecule has 0 saturated heterocycles. The maximum absolute atomic E-state index is 12.1. The van der Waals surface area contributed by atoms with Crippen LogP contribution in [0.2, 0.25) is 10.0 Å². The van der Waals surface area contributed by atoms with Crippen LogP contribution in [0.4, 0.5) is 4.79 Å². The predicted octanol–water partition coefficient (Wildman–Crippen LogP) is 4.62. The zero-order valence-electron chi connectivity index (χ0n) is 17.0. The van der Waals surface area contributed by atoms with Crippen LogP contribution >= 0.6 is 35.0 Å². The maximum atomic E-state index is 12.1. The van der Waals surface area contributed by atoms with E-state index in [-0.39, 0.29) is 5.75 Å². The Morgan fingerprint density at radius 3 is 2.48 bits per heavy atom. The van der Waals surface area contributed by atoms with Crippen LogP contribution in [0, 0.1) is 5.92 Å². The molecule has 0 unspecified atom stereocenters. The maximum Gasteiger partial charge on any atom is 0.321 e. The van der Waals surface area contributed by atoms with Crippen molar-refractivity contribution in [3.8, 4) is 11.4 Å². The van der Waals surface area contributed by atoms with E-state index in [2.05, 4.69) is 34.7 Å². The summed E-state index contributed by atoms with van der Waals surface area (Å²) in [7, 11) is 0. The molecule has 1 heterocycles. The van der Waals surface area contributed by atoms with E-state index in [9.17, 15) is 9.59 Å². The second kappa shape index (κ2) is 9.82. The van der Waals surface area contributed by atoms with Crippen molar-refractivity contribution in [1.29, 1.82) is 0 Å². The fourth-order valence-electron chi connectivity index (χ4n) is 2.46. The average Bonchev–Trinajstić information content (AvgIpc) is 2.93. The van der Waals surface area contributed by atoms with Gasteiger partial charge in [0.1, 0.15) is 0 Å². The summed E-state index contributed by atoms with van der Waals surface area (Å²) in [5.41, 5.74) is 0.284. The van der Waals surface area contributed by atoms with Gasteiger partial charge in [-0.3, -0.25) is 10.1 Å². The Balaban J connectivity index is 2.16. The highest BCUT2D eigenvalue weighted by Crippen LogP contribution is 2.31. The highest BCUT2D eigenvalue weighted by Gasteiger charge is 2.20. The first kappa shape index (κ1) is 23.5. The fraction of sp³-hybridized carbons (Fsp3) is 0.474. The minimum absolute atomic E-state index is 0.0299. The van der Waals surface area contributed by atoms with Gasteiger partial charge in [0.25, 0.3) is 0 Å². The molecule has 10 heteroatoms. The molecule has 3 amide bonds. The Morgan fingerprint density at radius 1 is 1.21 bits per heavy atom. The van der Waals surface area contributed by atoms with E-state index in [1.165, 1.54) is 11.8 Å². The molecule has 7 nitrogen and oxygen atoms in total. The number of amides is 3. The molecule has 2 N–H and O–H groups in total. The van der Waals surface area contributed by atoms with Crippen molar-refractivity contribution in [3.05, 3.63) is 28.2 Å². The summed E-state index contributed by atoms with van der Waals surface area (Å²) in [6.45, 7) is 10.3. The van der Waals surface area contributed by atoms with Crippen LogP contribution in [0.25, 0.3) is 11.4 Å². The first-order chi connectivity index (χ1) is 13.5. The number of aromatic nitrogens is 3. The molecule has 158 valence electrons. The summed E-state index contributed by atoms with van der Waals surface area (Å²) in [4.78, 5) is 24.0. The zero-order chi connectivity index (χ0) is 21.8. The Morgan fingerprint density at radius 2 is 1.90 bits per heavy atom. The molecule has 2 rings (SSSR count). The molecule has 0 radical (unpaired) electrons. The van der Waals surface area contributed by atoms with Crippen molar-refractivity contribution in [1.82, 2.24) is 25.4 Å². The highest BCUT2D eigenvalue weighted by molar-refractivity contribution is 7.99. The van der Waals surface area contributed by atoms with E-state index < -0.39 is 17.5 Å². The molecular formula is C19H25Cl2N5O2S. The third-order valence-corrected chi connectivity index (χ3v) is 5.03. The number of benzene rings is 1. The molecule has 0 aliphatic rings. The number of hydrogen-bond donors (Lipinski definition) is 2. The Labute approximate surface area is 184 Å². The van der Waals surface area contributed by atoms with Gasteiger partial charge >= 0.3 is 6.03 Å². The minimum atomic E-state index is -0.527. The Bertz CT molecular complexity index is 893. The van der Waals surface area contributed by atoms with Crippen molar-refractivity contribution >= 4 is 46.9 Å². The largest absolute Gasteiger partial charge is 0.333 e. The second-order valence-corrected chi connectivity index (χ2v) is 9.76. The number of halogens is 2. The van der Waals surface area contributed by atoms with Crippen molar-refractivity contribution in [2.45, 2.75) is 51.9 Å². The number of urea groups is 1. The lowest BCUT2D eigenvalue weighted by molar-refractivity contribution is -0.117. The van der Waals surface area contributed by atoms with Crippen molar-refractivity contribution in [3.63, 3.8) is 0 Å². The summed E-state index contributed by atoms with van der Waals surface area (Å²) in [5, 5.41) is 15.1. The van der Waals surface area contributed by atoms with E-state index in [0.717, 1.165) is 0 Å². The molecule has 0 aliphatic carbocycles. The highest BCUT2D eigenvalue weighted by atomic mass is 35.5. The average molecular weight is 458 g/mol. The third kappa shape index (κ3) is 7.21. The van der Waals surface area contributed by atoms with Crippen LogP contribution in [0.5, 0.6) is 0 Å².